The molecular weight excluding hydrogens is 170 g/mol. The Kier molecular flexibility index (Phi) is 3.09. The smallest absolute Gasteiger partial charge is 0.0947 e. The van der Waals surface area contributed by atoms with Crippen LogP contribution in [0.1, 0.15) is 13.8 Å². The maximum atomic E-state index is 8.87. The fourth-order valence-electron chi connectivity index (χ4n) is 1.81. The van der Waals surface area contributed by atoms with Crippen LogP contribution >= 0.6 is 0 Å². The van der Waals surface area contributed by atoms with E-state index in [0.29, 0.717) is 11.5 Å². The van der Waals surface area contributed by atoms with E-state index in [1.54, 1.807) is 0 Å². The van der Waals surface area contributed by atoms with Crippen molar-refractivity contribution in [3.05, 3.63) is 48.1 Å². The molecule has 0 amide bonds. The quantitative estimate of drug-likeness (QED) is 0.605. The molecule has 0 radical (unpaired) electrons. The van der Waals surface area contributed by atoms with E-state index in [0.717, 1.165) is 11.1 Å². The average Bonchev–Trinajstić information content (AvgIpc) is 2.16. The third kappa shape index (κ3) is 1.85. The van der Waals surface area contributed by atoms with Gasteiger partial charge < -0.3 is 0 Å². The lowest BCUT2D eigenvalue weighted by Gasteiger charge is -2.26. The molecule has 1 nitrogen and oxygen atoms in total. The number of hydrogen-bond acceptors (Lipinski definition) is 1. The second kappa shape index (κ2) is 4.11. The van der Waals surface area contributed by atoms with Gasteiger partial charge in [0.25, 0.3) is 0 Å². The molecule has 14 heavy (non-hydrogen) atoms. The van der Waals surface area contributed by atoms with Crippen molar-refractivity contribution in [2.75, 3.05) is 0 Å². The molecule has 0 saturated heterocycles. The number of rotatable bonds is 2. The summed E-state index contributed by atoms with van der Waals surface area (Å²) in [5, 5.41) is 8.87. The number of nitriles is 1. The largest absolute Gasteiger partial charge is 0.193 e. The highest BCUT2D eigenvalue weighted by Crippen LogP contribution is 2.34. The molecule has 0 aromatic heterocycles. The number of nitrogens with zero attached hydrogens (tertiary/aromatic N) is 1. The summed E-state index contributed by atoms with van der Waals surface area (Å²) in [5.41, 5.74) is 2.77. The molecule has 1 rings (SSSR count). The Morgan fingerprint density at radius 1 is 1.50 bits per heavy atom. The lowest BCUT2D eigenvalue weighted by atomic mass is 9.77. The molecule has 1 heteroatoms. The predicted octanol–water partition coefficient (Wildman–Crippen LogP) is 3.39. The minimum atomic E-state index is 0.113. The highest BCUT2D eigenvalue weighted by Gasteiger charge is 2.24. The Bertz CT molecular complexity index is 363. The first-order valence-corrected chi connectivity index (χ1v) is 4.71. The van der Waals surface area contributed by atoms with E-state index in [-0.39, 0.29) is 5.92 Å². The zero-order chi connectivity index (χ0) is 10.7. The van der Waals surface area contributed by atoms with Crippen LogP contribution in [-0.4, -0.2) is 0 Å². The van der Waals surface area contributed by atoms with Crippen molar-refractivity contribution in [2.45, 2.75) is 13.8 Å². The first-order valence-electron chi connectivity index (χ1n) is 4.71. The third-order valence-corrected chi connectivity index (χ3v) is 2.56. The van der Waals surface area contributed by atoms with Crippen LogP contribution in [0.4, 0.5) is 0 Å². The topological polar surface area (TPSA) is 23.8 Å². The lowest BCUT2D eigenvalue weighted by Crippen LogP contribution is -2.17. The zero-order valence-corrected chi connectivity index (χ0v) is 8.75. The minimum absolute atomic E-state index is 0.113. The zero-order valence-electron chi connectivity index (χ0n) is 8.75. The van der Waals surface area contributed by atoms with E-state index >= 15 is 0 Å². The van der Waals surface area contributed by atoms with Crippen LogP contribution in [-0.2, 0) is 0 Å². The van der Waals surface area contributed by atoms with Crippen LogP contribution in [0.5, 0.6) is 0 Å². The molecule has 0 aromatic rings. The highest BCUT2D eigenvalue weighted by atomic mass is 14.3. The molecule has 0 aromatic carbocycles. The van der Waals surface area contributed by atoms with Gasteiger partial charge in [-0.3, -0.25) is 0 Å². The van der Waals surface area contributed by atoms with E-state index < -0.39 is 0 Å². The number of hydrogen-bond donors (Lipinski definition) is 0. The monoisotopic (exact) mass is 185 g/mol. The molecule has 0 N–H and O–H groups in total. The lowest BCUT2D eigenvalue weighted by molar-refractivity contribution is 0.565. The fraction of sp³-hybridized carbons (Fsp3) is 0.308. The third-order valence-electron chi connectivity index (χ3n) is 2.56. The Morgan fingerprint density at radius 2 is 2.14 bits per heavy atom. The summed E-state index contributed by atoms with van der Waals surface area (Å²) in [6.07, 6.45) is 6.14. The summed E-state index contributed by atoms with van der Waals surface area (Å²) >= 11 is 0. The molecule has 1 aliphatic rings. The predicted molar refractivity (Wildman–Crippen MR) is 59.4 cm³/mol. The Labute approximate surface area is 85.7 Å². The SMILES string of the molecule is C=C(C)C1=CC=CC(C)C1C(=C)C#N. The van der Waals surface area contributed by atoms with Crippen LogP contribution in [0, 0.1) is 23.2 Å². The van der Waals surface area contributed by atoms with Gasteiger partial charge in [-0.05, 0) is 18.4 Å². The summed E-state index contributed by atoms with van der Waals surface area (Å²) in [4.78, 5) is 0. The van der Waals surface area contributed by atoms with Crippen molar-refractivity contribution in [1.82, 2.24) is 0 Å². The maximum Gasteiger partial charge on any atom is 0.0947 e. The summed E-state index contributed by atoms with van der Waals surface area (Å²) < 4.78 is 0. The highest BCUT2D eigenvalue weighted by molar-refractivity contribution is 5.44. The van der Waals surface area contributed by atoms with E-state index in [1.165, 1.54) is 0 Å². The van der Waals surface area contributed by atoms with Crippen LogP contribution in [0.2, 0.25) is 0 Å². The first-order chi connectivity index (χ1) is 6.57. The van der Waals surface area contributed by atoms with Crippen LogP contribution < -0.4 is 0 Å². The Morgan fingerprint density at radius 3 is 2.64 bits per heavy atom. The molecule has 0 fully saturated rings. The molecule has 0 heterocycles. The van der Waals surface area contributed by atoms with Crippen molar-refractivity contribution >= 4 is 0 Å². The van der Waals surface area contributed by atoms with E-state index in [2.05, 4.69) is 32.2 Å². The van der Waals surface area contributed by atoms with Gasteiger partial charge in [-0.15, -0.1) is 0 Å². The molecule has 1 aliphatic carbocycles. The molecule has 0 aliphatic heterocycles. The first kappa shape index (κ1) is 10.5. The van der Waals surface area contributed by atoms with Gasteiger partial charge in [-0.1, -0.05) is 43.9 Å². The van der Waals surface area contributed by atoms with Crippen molar-refractivity contribution in [1.29, 1.82) is 5.26 Å². The van der Waals surface area contributed by atoms with E-state index in [4.69, 9.17) is 5.26 Å². The van der Waals surface area contributed by atoms with Gasteiger partial charge >= 0.3 is 0 Å². The van der Waals surface area contributed by atoms with Crippen molar-refractivity contribution in [3.63, 3.8) is 0 Å². The summed E-state index contributed by atoms with van der Waals surface area (Å²) in [6, 6.07) is 2.14. The number of allylic oxidation sites excluding steroid dienone is 6. The van der Waals surface area contributed by atoms with Gasteiger partial charge in [0.1, 0.15) is 0 Å². The van der Waals surface area contributed by atoms with Crippen LogP contribution in [0.25, 0.3) is 0 Å². The molecule has 0 bridgehead atoms. The molecule has 2 unspecified atom stereocenters. The summed E-state index contributed by atoms with van der Waals surface area (Å²) in [6.45, 7) is 11.8. The van der Waals surface area contributed by atoms with Crippen molar-refractivity contribution in [2.24, 2.45) is 11.8 Å². The van der Waals surface area contributed by atoms with E-state index in [9.17, 15) is 0 Å². The molecule has 0 spiro atoms. The average molecular weight is 185 g/mol. The standard InChI is InChI=1S/C13H15N/c1-9(2)12-7-5-6-10(3)13(12)11(4)8-14/h5-7,10,13H,1,4H2,2-3H3. The summed E-state index contributed by atoms with van der Waals surface area (Å²) in [5.74, 6) is 0.446. The maximum absolute atomic E-state index is 8.87. The second-order valence-electron chi connectivity index (χ2n) is 3.76. The van der Waals surface area contributed by atoms with Crippen molar-refractivity contribution in [3.8, 4) is 6.07 Å². The van der Waals surface area contributed by atoms with Crippen LogP contribution in [0.15, 0.2) is 48.1 Å². The molecule has 0 saturated carbocycles. The fourth-order valence-corrected chi connectivity index (χ4v) is 1.81. The van der Waals surface area contributed by atoms with Gasteiger partial charge in [-0.2, -0.15) is 5.26 Å². The van der Waals surface area contributed by atoms with Crippen LogP contribution in [0.3, 0.4) is 0 Å². The molecule has 2 atom stereocenters. The van der Waals surface area contributed by atoms with Crippen molar-refractivity contribution < 1.29 is 0 Å². The van der Waals surface area contributed by atoms with Gasteiger partial charge in [0.05, 0.1) is 6.07 Å². The second-order valence-corrected chi connectivity index (χ2v) is 3.76. The summed E-state index contributed by atoms with van der Waals surface area (Å²) in [7, 11) is 0. The van der Waals surface area contributed by atoms with Gasteiger partial charge in [-0.25, -0.2) is 0 Å². The van der Waals surface area contributed by atoms with Gasteiger partial charge in [0.15, 0.2) is 0 Å². The Hall–Kier alpha value is -1.55. The minimum Gasteiger partial charge on any atom is -0.193 e. The Balaban J connectivity index is 3.08. The van der Waals surface area contributed by atoms with Gasteiger partial charge in [0.2, 0.25) is 0 Å². The molecular formula is C13H15N. The normalized spacial score (nSPS) is 25.1. The van der Waals surface area contributed by atoms with Gasteiger partial charge in [0, 0.05) is 11.5 Å². The van der Waals surface area contributed by atoms with E-state index in [1.807, 2.05) is 19.1 Å². The molecule has 72 valence electrons.